The minimum atomic E-state index is 0. The number of hydrogen-bond acceptors (Lipinski definition) is 0. The molecule has 6 rings (SSSR count). The molecule has 0 unspecified atom stereocenters. The van der Waals surface area contributed by atoms with Gasteiger partial charge in [0.15, 0.2) is 0 Å². The summed E-state index contributed by atoms with van der Waals surface area (Å²) >= 11 is 1.69. The van der Waals surface area contributed by atoms with Crippen LogP contribution in [0.3, 0.4) is 0 Å². The van der Waals surface area contributed by atoms with Gasteiger partial charge >= 0.3 is 59.5 Å². The van der Waals surface area contributed by atoms with E-state index in [-0.39, 0.29) is 35.6 Å². The quantitative estimate of drug-likeness (QED) is 0.269. The third-order valence-electron chi connectivity index (χ3n) is 7.73. The molecule has 1 fully saturated rings. The van der Waals surface area contributed by atoms with Gasteiger partial charge in [-0.15, -0.1) is 23.1 Å². The maximum atomic E-state index is 3.67. The molecule has 3 aromatic rings. The number of allylic oxidation sites excluding steroid dienone is 4. The molecule has 0 bridgehead atoms. The predicted molar refractivity (Wildman–Crippen MR) is 166 cm³/mol. The predicted octanol–water partition coefficient (Wildman–Crippen LogP) is 4.16. The molecule has 0 aliphatic heterocycles. The number of rotatable bonds is 1. The van der Waals surface area contributed by atoms with E-state index in [9.17, 15) is 0 Å². The second-order valence-corrected chi connectivity index (χ2v) is 14.8. The van der Waals surface area contributed by atoms with Crippen molar-refractivity contribution < 1.29 is 49.0 Å². The van der Waals surface area contributed by atoms with E-state index in [0.717, 1.165) is 12.8 Å². The van der Waals surface area contributed by atoms with Crippen LogP contribution < -0.4 is 24.8 Å². The minimum absolute atomic E-state index is 0. The first-order chi connectivity index (χ1) is 18.5. The number of benzene rings is 3. The molecule has 0 heterocycles. The summed E-state index contributed by atoms with van der Waals surface area (Å²) in [5.74, 6) is 0. The van der Waals surface area contributed by atoms with Crippen molar-refractivity contribution in [1.29, 1.82) is 0 Å². The Morgan fingerprint density at radius 3 is 1.93 bits per heavy atom. The fourth-order valence-corrected chi connectivity index (χ4v) is 6.10. The van der Waals surface area contributed by atoms with Crippen LogP contribution in [0.4, 0.5) is 0 Å². The SMILES string of the molecule is CC(C)(C)c1[c-]c2c(cc1)-c1ccc(C(C)(C)C)cc1C2.[C-]1=CC(c2ccccc2)=CC1.[Cl-].[Cl-].[Zr+2]=[C]1CCCCC1. The molecule has 41 heavy (non-hydrogen) atoms. The van der Waals surface area contributed by atoms with Crippen molar-refractivity contribution >= 4 is 8.78 Å². The summed E-state index contributed by atoms with van der Waals surface area (Å²) in [7, 11) is 0. The van der Waals surface area contributed by atoms with E-state index in [1.165, 1.54) is 76.6 Å². The van der Waals surface area contributed by atoms with Crippen molar-refractivity contribution in [3.8, 4) is 11.1 Å². The second-order valence-electron chi connectivity index (χ2n) is 13.1. The zero-order valence-corrected chi connectivity index (χ0v) is 29.6. The van der Waals surface area contributed by atoms with E-state index >= 15 is 0 Å². The van der Waals surface area contributed by atoms with E-state index < -0.39 is 0 Å². The Kier molecular flexibility index (Phi) is 13.7. The van der Waals surface area contributed by atoms with Gasteiger partial charge in [-0.25, -0.2) is 6.08 Å². The van der Waals surface area contributed by atoms with Crippen molar-refractivity contribution in [2.24, 2.45) is 0 Å². The van der Waals surface area contributed by atoms with Gasteiger partial charge in [0.25, 0.3) is 0 Å². The third kappa shape index (κ3) is 10.0. The summed E-state index contributed by atoms with van der Waals surface area (Å²) in [4.78, 5) is 0. The van der Waals surface area contributed by atoms with E-state index in [1.807, 2.05) is 6.07 Å². The van der Waals surface area contributed by atoms with Crippen LogP contribution in [0.25, 0.3) is 16.7 Å². The molecule has 216 valence electrons. The molecule has 3 aromatic carbocycles. The van der Waals surface area contributed by atoms with E-state index in [0.29, 0.717) is 0 Å². The van der Waals surface area contributed by atoms with Crippen LogP contribution in [0.5, 0.6) is 0 Å². The van der Waals surface area contributed by atoms with Gasteiger partial charge < -0.3 is 24.8 Å². The maximum absolute atomic E-state index is 3.67. The monoisotopic (exact) mass is 660 g/mol. The van der Waals surface area contributed by atoms with Gasteiger partial charge in [0.2, 0.25) is 0 Å². The molecule has 0 saturated heterocycles. The van der Waals surface area contributed by atoms with E-state index in [1.54, 1.807) is 27.4 Å². The van der Waals surface area contributed by atoms with Crippen molar-refractivity contribution in [3.63, 3.8) is 0 Å². The molecule has 3 aliphatic rings. The van der Waals surface area contributed by atoms with Crippen molar-refractivity contribution in [1.82, 2.24) is 0 Å². The Hall–Kier alpha value is -1.53. The summed E-state index contributed by atoms with van der Waals surface area (Å²) in [5.41, 5.74) is 11.3. The van der Waals surface area contributed by atoms with Crippen LogP contribution in [-0.2, 0) is 41.5 Å². The Bertz CT molecular complexity index is 1280. The van der Waals surface area contributed by atoms with Gasteiger partial charge in [0, 0.05) is 0 Å². The van der Waals surface area contributed by atoms with Crippen molar-refractivity contribution in [2.75, 3.05) is 0 Å². The Morgan fingerprint density at radius 2 is 1.39 bits per heavy atom. The van der Waals surface area contributed by atoms with E-state index in [4.69, 9.17) is 0 Å². The fourth-order valence-electron chi connectivity index (χ4n) is 5.23. The van der Waals surface area contributed by atoms with Crippen LogP contribution in [0, 0.1) is 12.1 Å². The molecule has 0 radical (unpaired) electrons. The summed E-state index contributed by atoms with van der Waals surface area (Å²) in [6.07, 6.45) is 16.7. The molecule has 3 heteroatoms. The summed E-state index contributed by atoms with van der Waals surface area (Å²) in [6.45, 7) is 13.6. The molecule has 3 aliphatic carbocycles. The Balaban J connectivity index is 0.000000246. The van der Waals surface area contributed by atoms with Gasteiger partial charge in [-0.1, -0.05) is 95.6 Å². The molecular formula is C38H44Cl2Zr-2. The molecule has 0 N–H and O–H groups in total. The van der Waals surface area contributed by atoms with Crippen LogP contribution >= 0.6 is 0 Å². The number of hydrogen-bond donors (Lipinski definition) is 0. The summed E-state index contributed by atoms with van der Waals surface area (Å²) in [5, 5.41) is 0. The third-order valence-corrected chi connectivity index (χ3v) is 8.95. The van der Waals surface area contributed by atoms with Gasteiger partial charge in [-0.05, 0) is 28.4 Å². The molecule has 0 atom stereocenters. The standard InChI is InChI=1S/C21H25.C11H9.C6H10.2ClH.Zr/c1-20(2,3)16-7-9-18-14(12-16)11-15-13-17(21(4,5)6)8-10-19(15)18;1-2-6-10(7-3-1)11-8-4-5-9-11;1-2-4-6-5-3-1;;;/h7-10,12H,11H2,1-6H3;1-3,6-9H,4H2;1-5H2;2*1H;/q2*-1;;;;+2/p-2. The number of fused-ring (bicyclic) bond motifs is 3. The normalized spacial score (nSPS) is 15.1. The van der Waals surface area contributed by atoms with Crippen LogP contribution in [0.2, 0.25) is 0 Å². The van der Waals surface area contributed by atoms with Crippen molar-refractivity contribution in [2.45, 2.75) is 97.3 Å². The van der Waals surface area contributed by atoms with Crippen LogP contribution in [0.15, 0.2) is 72.8 Å². The van der Waals surface area contributed by atoms with Crippen molar-refractivity contribution in [3.05, 3.63) is 113 Å². The molecule has 0 aromatic heterocycles. The average molecular weight is 663 g/mol. The first-order valence-corrected chi connectivity index (χ1v) is 15.8. The molecule has 0 nitrogen and oxygen atoms in total. The van der Waals surface area contributed by atoms with Crippen LogP contribution in [-0.4, -0.2) is 3.21 Å². The molecule has 1 saturated carbocycles. The summed E-state index contributed by atoms with van der Waals surface area (Å²) in [6, 6.07) is 25.6. The van der Waals surface area contributed by atoms with Gasteiger partial charge in [-0.3, -0.25) is 6.08 Å². The molecule has 0 amide bonds. The molecule has 0 spiro atoms. The zero-order valence-electron chi connectivity index (χ0n) is 25.6. The summed E-state index contributed by atoms with van der Waals surface area (Å²) < 4.78 is 1.80. The van der Waals surface area contributed by atoms with Crippen LogP contribution in [0.1, 0.15) is 108 Å². The average Bonchev–Trinajstić information content (AvgIpc) is 3.57. The Morgan fingerprint density at radius 1 is 0.732 bits per heavy atom. The number of halogens is 2. The Labute approximate surface area is 277 Å². The van der Waals surface area contributed by atoms with Gasteiger partial charge in [0.05, 0.1) is 0 Å². The first kappa shape index (κ1) is 35.7. The molecular weight excluding hydrogens is 619 g/mol. The fraction of sp³-hybridized carbons (Fsp3) is 0.395. The topological polar surface area (TPSA) is 0 Å². The van der Waals surface area contributed by atoms with Gasteiger partial charge in [-0.2, -0.15) is 35.4 Å². The zero-order chi connectivity index (χ0) is 28.0. The first-order valence-electron chi connectivity index (χ1n) is 14.6. The van der Waals surface area contributed by atoms with E-state index in [2.05, 4.69) is 120 Å². The second kappa shape index (κ2) is 15.8. The van der Waals surface area contributed by atoms with Gasteiger partial charge in [0.1, 0.15) is 0 Å².